The van der Waals surface area contributed by atoms with Gasteiger partial charge in [-0.25, -0.2) is 19.6 Å². The normalized spacial score (nSPS) is 19.1. The van der Waals surface area contributed by atoms with Crippen molar-refractivity contribution in [3.63, 3.8) is 0 Å². The molecule has 5 aromatic rings. The maximum Gasteiger partial charge on any atom is 0.256 e. The van der Waals surface area contributed by atoms with Crippen LogP contribution in [0.15, 0.2) is 55.8 Å². The van der Waals surface area contributed by atoms with E-state index in [1.807, 2.05) is 25.3 Å². The van der Waals surface area contributed by atoms with Crippen LogP contribution < -0.4 is 14.8 Å². The Bertz CT molecular complexity index is 1740. The molecule has 16 nitrogen and oxygen atoms in total. The molecule has 1 N–H and O–H groups in total. The van der Waals surface area contributed by atoms with Gasteiger partial charge < -0.3 is 19.5 Å². The number of ether oxygens (including phenoxy) is 3. The van der Waals surface area contributed by atoms with Crippen LogP contribution in [0.4, 0.5) is 11.6 Å². The highest BCUT2D eigenvalue weighted by molar-refractivity contribution is 6.32. The Balaban J connectivity index is 1.02. The quantitative estimate of drug-likeness (QED) is 0.166. The maximum absolute atomic E-state index is 6.47. The minimum Gasteiger partial charge on any atom is -0.487 e. The van der Waals surface area contributed by atoms with Crippen molar-refractivity contribution < 1.29 is 14.2 Å². The summed E-state index contributed by atoms with van der Waals surface area (Å²) in [6, 6.07) is 6.50. The van der Waals surface area contributed by atoms with Crippen molar-refractivity contribution >= 4 is 23.2 Å². The molecule has 1 saturated carbocycles. The average Bonchev–Trinajstić information content (AvgIpc) is 3.92. The van der Waals surface area contributed by atoms with Gasteiger partial charge in [-0.05, 0) is 60.7 Å². The summed E-state index contributed by atoms with van der Waals surface area (Å²) < 4.78 is 23.3. The van der Waals surface area contributed by atoms with E-state index in [0.29, 0.717) is 54.4 Å². The van der Waals surface area contributed by atoms with Crippen molar-refractivity contribution in [2.24, 2.45) is 0 Å². The second-order valence-corrected chi connectivity index (χ2v) is 12.7. The molecule has 2 fully saturated rings. The van der Waals surface area contributed by atoms with E-state index < -0.39 is 0 Å². The lowest BCUT2D eigenvalue weighted by Gasteiger charge is -2.38. The number of rotatable bonds is 14. The van der Waals surface area contributed by atoms with E-state index in [4.69, 9.17) is 30.9 Å². The Morgan fingerprint density at radius 1 is 1.02 bits per heavy atom. The molecule has 0 amide bonds. The number of anilines is 2. The molecule has 4 aromatic heterocycles. The summed E-state index contributed by atoms with van der Waals surface area (Å²) in [7, 11) is 0. The van der Waals surface area contributed by atoms with E-state index >= 15 is 0 Å². The average molecular weight is 690 g/mol. The Hall–Kier alpha value is -4.67. The van der Waals surface area contributed by atoms with Gasteiger partial charge in [0.25, 0.3) is 5.88 Å². The molecule has 258 valence electrons. The van der Waals surface area contributed by atoms with Gasteiger partial charge >= 0.3 is 0 Å². The first-order chi connectivity index (χ1) is 24.1. The zero-order valence-electron chi connectivity index (χ0n) is 27.4. The Morgan fingerprint density at radius 3 is 2.59 bits per heavy atom. The number of aryl methyl sites for hydroxylation is 1. The van der Waals surface area contributed by atoms with Gasteiger partial charge in [0.05, 0.1) is 43.6 Å². The molecule has 17 heteroatoms. The Kier molecular flexibility index (Phi) is 10.5. The van der Waals surface area contributed by atoms with Crippen LogP contribution in [0, 0.1) is 0 Å². The van der Waals surface area contributed by atoms with E-state index in [-0.39, 0.29) is 6.10 Å². The number of hydrogen-bond acceptors (Lipinski definition) is 13. The van der Waals surface area contributed by atoms with E-state index in [1.54, 1.807) is 40.5 Å². The first-order valence-corrected chi connectivity index (χ1v) is 17.1. The summed E-state index contributed by atoms with van der Waals surface area (Å²) in [4.78, 5) is 15.8. The van der Waals surface area contributed by atoms with Crippen LogP contribution in [0.25, 0.3) is 11.1 Å². The third-order valence-corrected chi connectivity index (χ3v) is 9.18. The van der Waals surface area contributed by atoms with Crippen molar-refractivity contribution in [2.75, 3.05) is 38.2 Å². The fourth-order valence-electron chi connectivity index (χ4n) is 6.35. The van der Waals surface area contributed by atoms with Gasteiger partial charge in [-0.2, -0.15) is 5.10 Å². The van der Waals surface area contributed by atoms with Gasteiger partial charge in [-0.1, -0.05) is 17.7 Å². The van der Waals surface area contributed by atoms with E-state index in [1.165, 1.54) is 6.33 Å². The van der Waals surface area contributed by atoms with Crippen LogP contribution in [0.3, 0.4) is 0 Å². The predicted octanol–water partition coefficient (Wildman–Crippen LogP) is 4.07. The molecule has 1 saturated heterocycles. The van der Waals surface area contributed by atoms with E-state index in [9.17, 15) is 0 Å². The molecule has 1 aliphatic heterocycles. The monoisotopic (exact) mass is 689 g/mol. The van der Waals surface area contributed by atoms with Gasteiger partial charge in [-0.3, -0.25) is 14.3 Å². The van der Waals surface area contributed by atoms with Crippen molar-refractivity contribution in [3.05, 3.63) is 60.8 Å². The molecule has 5 heterocycles. The van der Waals surface area contributed by atoms with Crippen molar-refractivity contribution in [1.29, 1.82) is 0 Å². The lowest BCUT2D eigenvalue weighted by molar-refractivity contribution is 0.00503. The number of aromatic nitrogens is 11. The summed E-state index contributed by atoms with van der Waals surface area (Å²) in [6.07, 6.45) is 15.3. The first kappa shape index (κ1) is 32.9. The van der Waals surface area contributed by atoms with Crippen LogP contribution in [0.1, 0.15) is 45.1 Å². The van der Waals surface area contributed by atoms with Crippen LogP contribution in [0.5, 0.6) is 11.6 Å². The van der Waals surface area contributed by atoms with Gasteiger partial charge in [-0.15, -0.1) is 10.2 Å². The molecular weight excluding hydrogens is 650 g/mol. The zero-order chi connectivity index (χ0) is 33.4. The molecule has 0 spiro atoms. The summed E-state index contributed by atoms with van der Waals surface area (Å²) >= 11 is 6.47. The molecule has 0 unspecified atom stereocenters. The predicted molar refractivity (Wildman–Crippen MR) is 180 cm³/mol. The Morgan fingerprint density at radius 2 is 1.84 bits per heavy atom. The van der Waals surface area contributed by atoms with Crippen LogP contribution in [0.2, 0.25) is 5.02 Å². The highest BCUT2D eigenvalue weighted by Gasteiger charge is 2.29. The molecule has 49 heavy (non-hydrogen) atoms. The topological polar surface area (TPSA) is 161 Å². The molecule has 1 aromatic carbocycles. The number of nitrogens with one attached hydrogen (secondary N) is 1. The summed E-state index contributed by atoms with van der Waals surface area (Å²) in [6.45, 7) is 7.29. The number of tetrazole rings is 1. The minimum absolute atomic E-state index is 0.209. The Labute approximate surface area is 288 Å². The molecule has 1 aliphatic carbocycles. The standard InChI is InChI=1S/C32H40ClN13O3/c1-23(18-45-22-37-41-42-45)49-30-15-24(3-8-28(30)33)25-16-35-32(36-17-25)39-29-19-46(40-31(29)48-12-2-9-44-21-34-20-38-44)27-6-4-26(5-7-27)43-10-13-47-14-11-43/h3,8,15-17,19-23,26-27H,2,4-7,9-14,18H2,1H3,(H,35,36,39)/t23-,26-,27-/m0/s1. The summed E-state index contributed by atoms with van der Waals surface area (Å²) in [5.74, 6) is 1.52. The number of benzene rings is 1. The fraction of sp³-hybridized carbons (Fsp3) is 0.500. The second-order valence-electron chi connectivity index (χ2n) is 12.3. The third kappa shape index (κ3) is 8.50. The van der Waals surface area contributed by atoms with Gasteiger partial charge in [0.2, 0.25) is 5.95 Å². The molecule has 2 aliphatic rings. The molecule has 7 rings (SSSR count). The second kappa shape index (κ2) is 15.7. The molecule has 1 atom stereocenters. The highest BCUT2D eigenvalue weighted by atomic mass is 35.5. The SMILES string of the molecule is C[C@@H](Cn1cnnn1)Oc1cc(-c2cnc(Nc3cn([C@H]4CC[C@H](N5CCOCC5)CC4)nc3OCCCn3cncn3)nc2)ccc1Cl. The highest BCUT2D eigenvalue weighted by Crippen LogP contribution is 2.35. The number of nitrogens with zero attached hydrogens (tertiary/aromatic N) is 12. The number of halogens is 1. The van der Waals surface area contributed by atoms with Crippen molar-refractivity contribution in [2.45, 2.75) is 70.3 Å². The lowest BCUT2D eigenvalue weighted by Crippen LogP contribution is -2.45. The first-order valence-electron chi connectivity index (χ1n) is 16.7. The summed E-state index contributed by atoms with van der Waals surface area (Å²) in [5.41, 5.74) is 2.41. The molecule has 0 bridgehead atoms. The van der Waals surface area contributed by atoms with Crippen molar-refractivity contribution in [3.8, 4) is 22.8 Å². The lowest BCUT2D eigenvalue weighted by atomic mass is 9.90. The van der Waals surface area contributed by atoms with Gasteiger partial charge in [0, 0.05) is 50.1 Å². The van der Waals surface area contributed by atoms with Gasteiger partial charge in [0.15, 0.2) is 0 Å². The molecular formula is C32H40ClN13O3. The largest absolute Gasteiger partial charge is 0.487 e. The smallest absolute Gasteiger partial charge is 0.256 e. The zero-order valence-corrected chi connectivity index (χ0v) is 28.1. The van der Waals surface area contributed by atoms with E-state index in [2.05, 4.69) is 50.5 Å². The maximum atomic E-state index is 6.47. The van der Waals surface area contributed by atoms with Crippen LogP contribution in [-0.4, -0.2) is 105 Å². The van der Waals surface area contributed by atoms with Crippen LogP contribution in [-0.2, 0) is 17.8 Å². The third-order valence-electron chi connectivity index (χ3n) is 8.86. The molecule has 0 radical (unpaired) electrons. The van der Waals surface area contributed by atoms with E-state index in [0.717, 1.165) is 75.2 Å². The summed E-state index contributed by atoms with van der Waals surface area (Å²) in [5, 5.41) is 24.2. The van der Waals surface area contributed by atoms with Crippen LogP contribution >= 0.6 is 11.6 Å². The number of morpholine rings is 1. The fourth-order valence-corrected chi connectivity index (χ4v) is 6.51. The number of hydrogen-bond donors (Lipinski definition) is 1. The van der Waals surface area contributed by atoms with Crippen molar-refractivity contribution in [1.82, 2.24) is 59.6 Å². The minimum atomic E-state index is -0.209. The van der Waals surface area contributed by atoms with Gasteiger partial charge in [0.1, 0.15) is 36.5 Å².